The molecule has 136 valence electrons. The first-order valence-electron chi connectivity index (χ1n) is 8.31. The summed E-state index contributed by atoms with van der Waals surface area (Å²) in [6.45, 7) is 2.24. The van der Waals surface area contributed by atoms with Crippen molar-refractivity contribution in [3.8, 4) is 10.6 Å². The van der Waals surface area contributed by atoms with E-state index in [9.17, 15) is 9.59 Å². The molecule has 1 aromatic carbocycles. The first-order chi connectivity index (χ1) is 13.2. The average molecular weight is 397 g/mol. The van der Waals surface area contributed by atoms with Crippen molar-refractivity contribution in [3.63, 3.8) is 0 Å². The molecule has 0 radical (unpaired) electrons. The van der Waals surface area contributed by atoms with Crippen molar-refractivity contribution in [2.75, 3.05) is 0 Å². The number of hydrogen-bond donors (Lipinski definition) is 0. The van der Waals surface area contributed by atoms with Gasteiger partial charge in [0, 0.05) is 28.3 Å². The zero-order valence-corrected chi connectivity index (χ0v) is 16.0. The Bertz CT molecular complexity index is 1160. The van der Waals surface area contributed by atoms with Crippen LogP contribution in [0, 0.1) is 0 Å². The Morgan fingerprint density at radius 3 is 2.74 bits per heavy atom. The molecule has 0 spiro atoms. The Balaban J connectivity index is 1.59. The quantitative estimate of drug-likeness (QED) is 0.477. The third kappa shape index (κ3) is 3.41. The van der Waals surface area contributed by atoms with Crippen molar-refractivity contribution >= 4 is 39.4 Å². The monoisotopic (exact) mass is 397 g/mol. The smallest absolute Gasteiger partial charge is 0.359 e. The lowest BCUT2D eigenvalue weighted by Crippen LogP contribution is -2.25. The molecule has 8 heteroatoms. The molecule has 0 unspecified atom stereocenters. The number of carbonyl (C=O) groups is 1. The van der Waals surface area contributed by atoms with Gasteiger partial charge in [-0.3, -0.25) is 4.79 Å². The first-order valence-corrected chi connectivity index (χ1v) is 10.1. The number of aromatic nitrogens is 3. The van der Waals surface area contributed by atoms with Crippen LogP contribution < -0.4 is 5.56 Å². The molecule has 0 atom stereocenters. The number of hydrogen-bond acceptors (Lipinski definition) is 7. The minimum absolute atomic E-state index is 0.0563. The summed E-state index contributed by atoms with van der Waals surface area (Å²) in [4.78, 5) is 29.5. The summed E-state index contributed by atoms with van der Waals surface area (Å²) in [5, 5.41) is 11.9. The Kier molecular flexibility index (Phi) is 4.83. The molecule has 0 saturated heterocycles. The fourth-order valence-electron chi connectivity index (χ4n) is 2.70. The van der Waals surface area contributed by atoms with E-state index in [4.69, 9.17) is 4.74 Å². The molecular weight excluding hydrogens is 382 g/mol. The van der Waals surface area contributed by atoms with Gasteiger partial charge in [-0.25, -0.2) is 14.5 Å². The van der Waals surface area contributed by atoms with Crippen LogP contribution in [0.2, 0.25) is 0 Å². The van der Waals surface area contributed by atoms with Gasteiger partial charge in [0.05, 0.1) is 11.1 Å². The number of benzene rings is 1. The molecule has 0 N–H and O–H groups in total. The Morgan fingerprint density at radius 2 is 2.00 bits per heavy atom. The van der Waals surface area contributed by atoms with Gasteiger partial charge in [0.25, 0.3) is 5.56 Å². The topological polar surface area (TPSA) is 74.1 Å². The number of thiazole rings is 1. The third-order valence-corrected chi connectivity index (χ3v) is 5.66. The Labute approximate surface area is 162 Å². The molecule has 3 aromatic heterocycles. The standard InChI is InChI=1S/C19H15N3O3S2/c1-2-22-18(23)15-6-4-3-5-14(15)16(21-22)19(24)25-9-13-11-27-17(20-13)12-7-8-26-10-12/h3-8,10-11H,2,9H2,1H3. The zero-order chi connectivity index (χ0) is 18.8. The van der Waals surface area contributed by atoms with Gasteiger partial charge in [0.15, 0.2) is 5.69 Å². The Morgan fingerprint density at radius 1 is 1.19 bits per heavy atom. The highest BCUT2D eigenvalue weighted by molar-refractivity contribution is 7.14. The maximum Gasteiger partial charge on any atom is 0.359 e. The molecule has 0 saturated carbocycles. The van der Waals surface area contributed by atoms with Crippen LogP contribution in [0.15, 0.2) is 51.3 Å². The number of rotatable bonds is 5. The fraction of sp³-hybridized carbons (Fsp3) is 0.158. The lowest BCUT2D eigenvalue weighted by atomic mass is 10.1. The lowest BCUT2D eigenvalue weighted by Gasteiger charge is -2.09. The number of ether oxygens (including phenoxy) is 1. The van der Waals surface area contributed by atoms with Crippen molar-refractivity contribution in [1.82, 2.24) is 14.8 Å². The van der Waals surface area contributed by atoms with Gasteiger partial charge in [-0.05, 0) is 24.4 Å². The highest BCUT2D eigenvalue weighted by Crippen LogP contribution is 2.26. The van der Waals surface area contributed by atoms with Gasteiger partial charge >= 0.3 is 5.97 Å². The predicted octanol–water partition coefficient (Wildman–Crippen LogP) is 3.96. The molecule has 3 heterocycles. The minimum Gasteiger partial charge on any atom is -0.454 e. The van der Waals surface area contributed by atoms with Gasteiger partial charge in [0.1, 0.15) is 11.6 Å². The van der Waals surface area contributed by atoms with Crippen LogP contribution in [-0.2, 0) is 17.9 Å². The van der Waals surface area contributed by atoms with Crippen molar-refractivity contribution in [2.24, 2.45) is 0 Å². The lowest BCUT2D eigenvalue weighted by molar-refractivity contribution is 0.0461. The van der Waals surface area contributed by atoms with E-state index in [0.29, 0.717) is 23.0 Å². The SMILES string of the molecule is CCn1nc(C(=O)OCc2csc(-c3ccsc3)n2)c2ccccc2c1=O. The summed E-state index contributed by atoms with van der Waals surface area (Å²) < 4.78 is 6.70. The molecule has 6 nitrogen and oxygen atoms in total. The molecule has 0 bridgehead atoms. The van der Waals surface area contributed by atoms with E-state index in [-0.39, 0.29) is 17.9 Å². The van der Waals surface area contributed by atoms with Gasteiger partial charge < -0.3 is 4.74 Å². The molecule has 0 aliphatic carbocycles. The maximum atomic E-state index is 12.6. The van der Waals surface area contributed by atoms with E-state index in [0.717, 1.165) is 10.6 Å². The van der Waals surface area contributed by atoms with Crippen LogP contribution in [0.1, 0.15) is 23.1 Å². The average Bonchev–Trinajstić information content (AvgIpc) is 3.38. The van der Waals surface area contributed by atoms with Crippen LogP contribution in [0.4, 0.5) is 0 Å². The van der Waals surface area contributed by atoms with E-state index >= 15 is 0 Å². The highest BCUT2D eigenvalue weighted by Gasteiger charge is 2.18. The molecule has 0 amide bonds. The highest BCUT2D eigenvalue weighted by atomic mass is 32.1. The van der Waals surface area contributed by atoms with Gasteiger partial charge in [-0.2, -0.15) is 16.4 Å². The van der Waals surface area contributed by atoms with Crippen molar-refractivity contribution < 1.29 is 9.53 Å². The van der Waals surface area contributed by atoms with Gasteiger partial charge in [-0.15, -0.1) is 11.3 Å². The number of fused-ring (bicyclic) bond motifs is 1. The van der Waals surface area contributed by atoms with Crippen LogP contribution >= 0.6 is 22.7 Å². The van der Waals surface area contributed by atoms with E-state index in [1.54, 1.807) is 42.5 Å². The van der Waals surface area contributed by atoms with Crippen molar-refractivity contribution in [1.29, 1.82) is 0 Å². The number of nitrogens with zero attached hydrogens (tertiary/aromatic N) is 3. The Hall–Kier alpha value is -2.84. The summed E-state index contributed by atoms with van der Waals surface area (Å²) in [6, 6.07) is 8.93. The third-order valence-electron chi connectivity index (χ3n) is 4.03. The summed E-state index contributed by atoms with van der Waals surface area (Å²) in [5.74, 6) is -0.571. The van der Waals surface area contributed by atoms with E-state index in [2.05, 4.69) is 10.1 Å². The fourth-order valence-corrected chi connectivity index (χ4v) is 4.22. The molecule has 4 aromatic rings. The second-order valence-corrected chi connectivity index (χ2v) is 7.39. The minimum atomic E-state index is -0.571. The van der Waals surface area contributed by atoms with Crippen LogP contribution in [0.3, 0.4) is 0 Å². The molecule has 0 aliphatic rings. The van der Waals surface area contributed by atoms with Crippen LogP contribution in [-0.4, -0.2) is 20.7 Å². The first kappa shape index (κ1) is 17.6. The maximum absolute atomic E-state index is 12.6. The summed E-state index contributed by atoms with van der Waals surface area (Å²) >= 11 is 3.12. The second kappa shape index (κ2) is 7.42. The summed E-state index contributed by atoms with van der Waals surface area (Å²) in [5.41, 5.74) is 1.66. The van der Waals surface area contributed by atoms with Crippen molar-refractivity contribution in [3.05, 3.63) is 68.2 Å². The molecule has 4 rings (SSSR count). The van der Waals surface area contributed by atoms with E-state index in [1.165, 1.54) is 16.0 Å². The summed E-state index contributed by atoms with van der Waals surface area (Å²) in [7, 11) is 0. The van der Waals surface area contributed by atoms with Crippen LogP contribution in [0.5, 0.6) is 0 Å². The summed E-state index contributed by atoms with van der Waals surface area (Å²) in [6.07, 6.45) is 0. The molecule has 0 aliphatic heterocycles. The number of thiophene rings is 1. The zero-order valence-electron chi connectivity index (χ0n) is 14.4. The van der Waals surface area contributed by atoms with Gasteiger partial charge in [0.2, 0.25) is 0 Å². The second-order valence-electron chi connectivity index (χ2n) is 5.75. The number of aryl methyl sites for hydroxylation is 1. The normalized spacial score (nSPS) is 11.0. The molecular formula is C19H15N3O3S2. The van der Waals surface area contributed by atoms with Gasteiger partial charge in [-0.1, -0.05) is 18.2 Å². The van der Waals surface area contributed by atoms with Crippen LogP contribution in [0.25, 0.3) is 21.3 Å². The number of carbonyl (C=O) groups excluding carboxylic acids is 1. The van der Waals surface area contributed by atoms with E-state index in [1.807, 2.05) is 22.2 Å². The predicted molar refractivity (Wildman–Crippen MR) is 106 cm³/mol. The molecule has 27 heavy (non-hydrogen) atoms. The van der Waals surface area contributed by atoms with E-state index < -0.39 is 5.97 Å². The van der Waals surface area contributed by atoms with Crippen molar-refractivity contribution in [2.45, 2.75) is 20.1 Å². The number of esters is 1. The molecule has 0 fully saturated rings. The largest absolute Gasteiger partial charge is 0.454 e.